The maximum Gasteiger partial charge on any atom is 0.325 e. The van der Waals surface area contributed by atoms with Crippen molar-refractivity contribution in [1.82, 2.24) is 10.2 Å². The third-order valence-electron chi connectivity index (χ3n) is 6.53. The molecule has 2 aliphatic rings. The van der Waals surface area contributed by atoms with Crippen LogP contribution in [0.2, 0.25) is 0 Å². The predicted molar refractivity (Wildman–Crippen MR) is 117 cm³/mol. The molecule has 0 radical (unpaired) electrons. The number of ketones is 1. The van der Waals surface area contributed by atoms with Crippen molar-refractivity contribution in [2.45, 2.75) is 50.5 Å². The molecule has 1 aliphatic carbocycles. The minimum atomic E-state index is -1.24. The number of imide groups is 1. The smallest absolute Gasteiger partial charge is 0.325 e. The molecular formula is C25H28N2O4. The summed E-state index contributed by atoms with van der Waals surface area (Å²) in [4.78, 5) is 39.5. The summed E-state index contributed by atoms with van der Waals surface area (Å²) in [6, 6.07) is 14.1. The van der Waals surface area contributed by atoms with Crippen LogP contribution in [0.25, 0.3) is 0 Å². The van der Waals surface area contributed by atoms with E-state index in [1.54, 1.807) is 38.3 Å². The minimum Gasteiger partial charge on any atom is -0.497 e. The van der Waals surface area contributed by atoms with Crippen molar-refractivity contribution in [1.29, 1.82) is 0 Å². The Morgan fingerprint density at radius 2 is 1.81 bits per heavy atom. The second-order valence-corrected chi connectivity index (χ2v) is 8.56. The Bertz CT molecular complexity index is 995. The monoisotopic (exact) mass is 420 g/mol. The van der Waals surface area contributed by atoms with Crippen LogP contribution in [0.5, 0.6) is 5.75 Å². The first-order valence-corrected chi connectivity index (χ1v) is 10.8. The lowest BCUT2D eigenvalue weighted by Crippen LogP contribution is -2.41. The van der Waals surface area contributed by atoms with Gasteiger partial charge in [0.1, 0.15) is 11.3 Å². The summed E-state index contributed by atoms with van der Waals surface area (Å²) < 4.78 is 5.23. The van der Waals surface area contributed by atoms with Crippen LogP contribution in [0.15, 0.2) is 48.5 Å². The standard InChI is InChI=1S/C25H28N2O4/c1-25(20-9-6-10-21(15-20)31-2)23(29)27(24(30)26-25)16-22(28)19-13-11-18(12-14-19)17-7-4-3-5-8-17/h6,9-15,17H,3-5,7-8,16H2,1-2H3,(H,26,30)/t25-/m1/s1. The second kappa shape index (κ2) is 8.53. The van der Waals surface area contributed by atoms with Crippen LogP contribution in [0.1, 0.15) is 66.4 Å². The highest BCUT2D eigenvalue weighted by atomic mass is 16.5. The van der Waals surface area contributed by atoms with Crippen molar-refractivity contribution < 1.29 is 19.1 Å². The number of methoxy groups -OCH3 is 1. The molecule has 1 atom stereocenters. The van der Waals surface area contributed by atoms with E-state index >= 15 is 0 Å². The van der Waals surface area contributed by atoms with Crippen LogP contribution >= 0.6 is 0 Å². The van der Waals surface area contributed by atoms with Crippen molar-refractivity contribution in [3.05, 3.63) is 65.2 Å². The highest BCUT2D eigenvalue weighted by Crippen LogP contribution is 2.33. The second-order valence-electron chi connectivity index (χ2n) is 8.56. The molecule has 1 N–H and O–H groups in total. The molecule has 1 aliphatic heterocycles. The van der Waals surface area contributed by atoms with Gasteiger partial charge in [-0.05, 0) is 48.9 Å². The van der Waals surface area contributed by atoms with Gasteiger partial charge in [-0.2, -0.15) is 0 Å². The molecule has 0 unspecified atom stereocenters. The Labute approximate surface area is 182 Å². The van der Waals surface area contributed by atoms with E-state index in [0.717, 1.165) is 4.90 Å². The number of nitrogens with one attached hydrogen (secondary N) is 1. The lowest BCUT2D eigenvalue weighted by molar-refractivity contribution is -0.130. The van der Waals surface area contributed by atoms with Gasteiger partial charge in [0.2, 0.25) is 0 Å². The molecule has 6 nitrogen and oxygen atoms in total. The third kappa shape index (κ3) is 4.07. The number of carbonyl (C=O) groups excluding carboxylic acids is 3. The van der Waals surface area contributed by atoms with Crippen LogP contribution in [0, 0.1) is 0 Å². The van der Waals surface area contributed by atoms with Gasteiger partial charge in [0, 0.05) is 5.56 Å². The minimum absolute atomic E-state index is 0.256. The quantitative estimate of drug-likeness (QED) is 0.555. The Balaban J connectivity index is 1.48. The van der Waals surface area contributed by atoms with Crippen molar-refractivity contribution in [2.24, 2.45) is 0 Å². The molecule has 2 fully saturated rings. The molecule has 4 rings (SSSR count). The molecule has 0 aromatic heterocycles. The van der Waals surface area contributed by atoms with Gasteiger partial charge < -0.3 is 10.1 Å². The highest BCUT2D eigenvalue weighted by Gasteiger charge is 2.49. The SMILES string of the molecule is COc1cccc([C@@]2(C)NC(=O)N(CC(=O)c3ccc(C4CCCCC4)cc3)C2=O)c1. The van der Waals surface area contributed by atoms with Crippen LogP contribution in [0.3, 0.4) is 0 Å². The Hall–Kier alpha value is -3.15. The first kappa shape index (κ1) is 21.1. The number of hydrogen-bond acceptors (Lipinski definition) is 4. The Kier molecular flexibility index (Phi) is 5.81. The Morgan fingerprint density at radius 1 is 1.10 bits per heavy atom. The van der Waals surface area contributed by atoms with Crippen molar-refractivity contribution in [3.8, 4) is 5.75 Å². The predicted octanol–water partition coefficient (Wildman–Crippen LogP) is 4.39. The highest BCUT2D eigenvalue weighted by molar-refractivity contribution is 6.11. The fourth-order valence-corrected chi connectivity index (χ4v) is 4.58. The zero-order chi connectivity index (χ0) is 22.0. The molecule has 6 heteroatoms. The molecule has 1 heterocycles. The van der Waals surface area contributed by atoms with E-state index in [1.165, 1.54) is 37.7 Å². The summed E-state index contributed by atoms with van der Waals surface area (Å²) in [7, 11) is 1.54. The molecular weight excluding hydrogens is 392 g/mol. The van der Waals surface area contributed by atoms with Crippen LogP contribution < -0.4 is 10.1 Å². The lowest BCUT2D eigenvalue weighted by atomic mass is 9.84. The molecule has 1 saturated carbocycles. The van der Waals surface area contributed by atoms with E-state index in [2.05, 4.69) is 5.32 Å². The topological polar surface area (TPSA) is 75.7 Å². The molecule has 162 valence electrons. The number of Topliss-reactive ketones (excluding diaryl/α,β-unsaturated/α-hetero) is 1. The van der Waals surface area contributed by atoms with Gasteiger partial charge in [0.05, 0.1) is 13.7 Å². The number of hydrogen-bond donors (Lipinski definition) is 1. The number of ether oxygens (including phenoxy) is 1. The van der Waals surface area contributed by atoms with Gasteiger partial charge in [-0.3, -0.25) is 14.5 Å². The summed E-state index contributed by atoms with van der Waals surface area (Å²) in [5.41, 5.74) is 1.14. The van der Waals surface area contributed by atoms with E-state index in [9.17, 15) is 14.4 Å². The maximum absolute atomic E-state index is 13.1. The fourth-order valence-electron chi connectivity index (χ4n) is 4.58. The molecule has 31 heavy (non-hydrogen) atoms. The number of nitrogens with zero attached hydrogens (tertiary/aromatic N) is 1. The molecule has 1 saturated heterocycles. The average molecular weight is 421 g/mol. The van der Waals surface area contributed by atoms with Crippen LogP contribution in [-0.4, -0.2) is 36.3 Å². The van der Waals surface area contributed by atoms with Gasteiger partial charge in [0.25, 0.3) is 5.91 Å². The van der Waals surface area contributed by atoms with E-state index in [-0.39, 0.29) is 12.3 Å². The van der Waals surface area contributed by atoms with E-state index in [0.29, 0.717) is 22.8 Å². The van der Waals surface area contributed by atoms with Gasteiger partial charge in [-0.1, -0.05) is 55.7 Å². The number of benzene rings is 2. The number of carbonyl (C=O) groups is 3. The van der Waals surface area contributed by atoms with Crippen LogP contribution in [0.4, 0.5) is 4.79 Å². The molecule has 0 bridgehead atoms. The zero-order valence-corrected chi connectivity index (χ0v) is 18.0. The molecule has 3 amide bonds. The lowest BCUT2D eigenvalue weighted by Gasteiger charge is -2.23. The molecule has 2 aromatic carbocycles. The number of amides is 3. The zero-order valence-electron chi connectivity index (χ0n) is 18.0. The van der Waals surface area contributed by atoms with Crippen LogP contribution in [-0.2, 0) is 10.3 Å². The Morgan fingerprint density at radius 3 is 2.48 bits per heavy atom. The summed E-state index contributed by atoms with van der Waals surface area (Å²) in [6.07, 6.45) is 6.19. The average Bonchev–Trinajstić information content (AvgIpc) is 3.03. The fraction of sp³-hybridized carbons (Fsp3) is 0.400. The first-order chi connectivity index (χ1) is 14.9. The van der Waals surface area contributed by atoms with Crippen molar-refractivity contribution in [2.75, 3.05) is 13.7 Å². The normalized spacial score (nSPS) is 21.8. The molecule has 2 aromatic rings. The third-order valence-corrected chi connectivity index (χ3v) is 6.53. The van der Waals surface area contributed by atoms with Gasteiger partial charge in [0.15, 0.2) is 5.78 Å². The maximum atomic E-state index is 13.1. The van der Waals surface area contributed by atoms with Gasteiger partial charge in [-0.15, -0.1) is 0 Å². The molecule has 0 spiro atoms. The van der Waals surface area contributed by atoms with E-state index in [1.807, 2.05) is 24.3 Å². The van der Waals surface area contributed by atoms with Crippen molar-refractivity contribution in [3.63, 3.8) is 0 Å². The van der Waals surface area contributed by atoms with Gasteiger partial charge in [-0.25, -0.2) is 4.79 Å². The summed E-state index contributed by atoms with van der Waals surface area (Å²) >= 11 is 0. The van der Waals surface area contributed by atoms with E-state index in [4.69, 9.17) is 4.74 Å². The summed E-state index contributed by atoms with van der Waals surface area (Å²) in [5, 5.41) is 2.74. The largest absolute Gasteiger partial charge is 0.497 e. The number of urea groups is 1. The van der Waals surface area contributed by atoms with Crippen molar-refractivity contribution >= 4 is 17.7 Å². The van der Waals surface area contributed by atoms with Gasteiger partial charge >= 0.3 is 6.03 Å². The first-order valence-electron chi connectivity index (χ1n) is 10.8. The summed E-state index contributed by atoms with van der Waals surface area (Å²) in [6.45, 7) is 1.36. The number of rotatable bonds is 6. The summed E-state index contributed by atoms with van der Waals surface area (Å²) in [5.74, 6) is 0.451. The van der Waals surface area contributed by atoms with E-state index < -0.39 is 17.5 Å².